The van der Waals surface area contributed by atoms with Crippen LogP contribution in [0.5, 0.6) is 11.5 Å². The van der Waals surface area contributed by atoms with Crippen LogP contribution in [-0.2, 0) is 14.4 Å². The van der Waals surface area contributed by atoms with Crippen LogP contribution in [0, 0.1) is 13.8 Å². The number of hydrogen-bond acceptors (Lipinski definition) is 7. The highest BCUT2D eigenvalue weighted by Gasteiger charge is 2.14. The molecule has 3 N–H and O–H groups in total. The van der Waals surface area contributed by atoms with Crippen LogP contribution in [-0.4, -0.2) is 43.9 Å². The summed E-state index contributed by atoms with van der Waals surface area (Å²) in [5, 5.41) is 11.0. The largest absolute Gasteiger partial charge is 0.486 e. The molecule has 0 saturated carbocycles. The second-order valence-electron chi connectivity index (χ2n) is 6.80. The Kier molecular flexibility index (Phi) is 7.50. The highest BCUT2D eigenvalue weighted by Crippen LogP contribution is 2.32. The number of rotatable bonds is 6. The molecular weight excluding hydrogens is 440 g/mol. The van der Waals surface area contributed by atoms with Crippen molar-refractivity contribution in [3.05, 3.63) is 46.5 Å². The zero-order valence-electron chi connectivity index (χ0n) is 17.4. The Bertz CT molecular complexity index is 1050. The highest BCUT2D eigenvalue weighted by molar-refractivity contribution is 6.37. The third-order valence-electron chi connectivity index (χ3n) is 4.17. The van der Waals surface area contributed by atoms with Gasteiger partial charge in [0.15, 0.2) is 18.1 Å². The van der Waals surface area contributed by atoms with Gasteiger partial charge in [-0.2, -0.15) is 0 Å². The number of urea groups is 1. The number of hydrogen-bond donors (Lipinski definition) is 3. The van der Waals surface area contributed by atoms with Gasteiger partial charge in [0.05, 0.1) is 10.7 Å². The topological polar surface area (TPSA) is 127 Å². The maximum atomic E-state index is 11.9. The molecule has 4 amide bonds. The molecule has 11 heteroatoms. The van der Waals surface area contributed by atoms with Gasteiger partial charge >= 0.3 is 6.03 Å². The Labute approximate surface area is 188 Å². The lowest BCUT2D eigenvalue weighted by Crippen LogP contribution is -2.36. The van der Waals surface area contributed by atoms with Crippen molar-refractivity contribution in [3.8, 4) is 11.5 Å². The van der Waals surface area contributed by atoms with Crippen LogP contribution in [0.1, 0.15) is 11.1 Å². The standard InChI is InChI=1S/C21H21ClN4O6/c1-12-7-13(2)20(15(22)8-12)25-18(27)10-23-32-11-19(28)26-21(29)24-14-3-4-16-17(9-14)31-6-5-30-16/h3-4,7-10H,5-6,11H2,1-2H3,(H,25,27)(H2,24,26,28,29)/b23-10-. The number of amides is 4. The van der Waals surface area contributed by atoms with Crippen LogP contribution < -0.4 is 25.4 Å². The van der Waals surface area contributed by atoms with Gasteiger partial charge < -0.3 is 24.9 Å². The van der Waals surface area contributed by atoms with Crippen LogP contribution in [0.4, 0.5) is 16.2 Å². The van der Waals surface area contributed by atoms with Gasteiger partial charge in [0, 0.05) is 11.8 Å². The average molecular weight is 461 g/mol. The molecule has 2 aromatic rings. The molecule has 0 spiro atoms. The number of carbonyl (C=O) groups excluding carboxylic acids is 3. The molecule has 3 rings (SSSR count). The van der Waals surface area contributed by atoms with Gasteiger partial charge in [-0.1, -0.05) is 22.8 Å². The molecule has 1 aliphatic rings. The van der Waals surface area contributed by atoms with Crippen molar-refractivity contribution in [1.29, 1.82) is 0 Å². The summed E-state index contributed by atoms with van der Waals surface area (Å²) in [7, 11) is 0. The molecule has 32 heavy (non-hydrogen) atoms. The minimum atomic E-state index is -0.763. The molecule has 0 aliphatic carbocycles. The number of halogens is 1. The second-order valence-corrected chi connectivity index (χ2v) is 7.20. The SMILES string of the molecule is Cc1cc(C)c(NC(=O)/C=N\OCC(=O)NC(=O)Nc2ccc3c(c2)OCCO3)c(Cl)c1. The van der Waals surface area contributed by atoms with E-state index in [0.717, 1.165) is 17.3 Å². The zero-order chi connectivity index (χ0) is 23.1. The van der Waals surface area contributed by atoms with E-state index in [2.05, 4.69) is 21.1 Å². The van der Waals surface area contributed by atoms with E-state index >= 15 is 0 Å². The van der Waals surface area contributed by atoms with Crippen molar-refractivity contribution in [3.63, 3.8) is 0 Å². The molecule has 10 nitrogen and oxygen atoms in total. The van der Waals surface area contributed by atoms with E-state index in [-0.39, 0.29) is 0 Å². The first-order valence-corrected chi connectivity index (χ1v) is 9.93. The van der Waals surface area contributed by atoms with Crippen molar-refractivity contribution >= 4 is 47.0 Å². The van der Waals surface area contributed by atoms with E-state index in [0.29, 0.717) is 41.1 Å². The maximum absolute atomic E-state index is 11.9. The van der Waals surface area contributed by atoms with Gasteiger partial charge in [-0.3, -0.25) is 14.9 Å². The number of nitrogens with zero attached hydrogens (tertiary/aromatic N) is 1. The first-order chi connectivity index (χ1) is 15.3. The van der Waals surface area contributed by atoms with E-state index in [1.807, 2.05) is 19.9 Å². The summed E-state index contributed by atoms with van der Waals surface area (Å²) in [6.07, 6.45) is 0.859. The van der Waals surface area contributed by atoms with Crippen molar-refractivity contribution in [2.75, 3.05) is 30.5 Å². The molecule has 0 bridgehead atoms. The fourth-order valence-corrected chi connectivity index (χ4v) is 3.23. The van der Waals surface area contributed by atoms with Crippen molar-refractivity contribution < 1.29 is 28.7 Å². The smallest absolute Gasteiger partial charge is 0.325 e. The molecule has 1 aliphatic heterocycles. The number of benzene rings is 2. The molecule has 0 saturated heterocycles. The predicted octanol–water partition coefficient (Wildman–Crippen LogP) is 3.02. The van der Waals surface area contributed by atoms with Crippen molar-refractivity contribution in [2.45, 2.75) is 13.8 Å². The number of imide groups is 1. The predicted molar refractivity (Wildman–Crippen MR) is 119 cm³/mol. The fraction of sp³-hybridized carbons (Fsp3) is 0.238. The van der Waals surface area contributed by atoms with Crippen LogP contribution in [0.2, 0.25) is 5.02 Å². The Morgan fingerprint density at radius 3 is 2.59 bits per heavy atom. The first-order valence-electron chi connectivity index (χ1n) is 9.55. The Hall–Kier alpha value is -3.79. The summed E-state index contributed by atoms with van der Waals surface area (Å²) >= 11 is 6.13. The third kappa shape index (κ3) is 6.35. The van der Waals surface area contributed by atoms with E-state index in [1.165, 1.54) is 0 Å². The molecule has 168 valence electrons. The number of anilines is 2. The van der Waals surface area contributed by atoms with E-state index in [4.69, 9.17) is 25.9 Å². The van der Waals surface area contributed by atoms with Gasteiger partial charge in [-0.25, -0.2) is 4.79 Å². The summed E-state index contributed by atoms with van der Waals surface area (Å²) < 4.78 is 10.8. The second kappa shape index (κ2) is 10.5. The summed E-state index contributed by atoms with van der Waals surface area (Å²) in [4.78, 5) is 40.4. The van der Waals surface area contributed by atoms with Crippen LogP contribution in [0.25, 0.3) is 0 Å². The minimum absolute atomic E-state index is 0.397. The normalized spacial score (nSPS) is 12.2. The van der Waals surface area contributed by atoms with Gasteiger partial charge in [0.25, 0.3) is 11.8 Å². The lowest BCUT2D eigenvalue weighted by atomic mass is 10.1. The molecule has 2 aromatic carbocycles. The first kappa shape index (κ1) is 22.9. The quantitative estimate of drug-likeness (QED) is 0.449. The molecule has 0 aromatic heterocycles. The number of oxime groups is 1. The Morgan fingerprint density at radius 1 is 1.09 bits per heavy atom. The lowest BCUT2D eigenvalue weighted by molar-refractivity contribution is -0.124. The van der Waals surface area contributed by atoms with Gasteiger partial charge in [0.2, 0.25) is 0 Å². The van der Waals surface area contributed by atoms with E-state index < -0.39 is 24.5 Å². The summed E-state index contributed by atoms with van der Waals surface area (Å²) in [6.45, 7) is 4.00. The monoisotopic (exact) mass is 460 g/mol. The molecule has 0 fully saturated rings. The Morgan fingerprint density at radius 2 is 1.84 bits per heavy atom. The fourth-order valence-electron chi connectivity index (χ4n) is 2.86. The van der Waals surface area contributed by atoms with Crippen molar-refractivity contribution in [2.24, 2.45) is 5.16 Å². The third-order valence-corrected chi connectivity index (χ3v) is 4.47. The van der Waals surface area contributed by atoms with Gasteiger partial charge in [0.1, 0.15) is 19.4 Å². The van der Waals surface area contributed by atoms with Crippen molar-refractivity contribution in [1.82, 2.24) is 5.32 Å². The van der Waals surface area contributed by atoms with Gasteiger partial charge in [-0.05, 0) is 43.2 Å². The molecular formula is C21H21ClN4O6. The zero-order valence-corrected chi connectivity index (χ0v) is 18.1. The van der Waals surface area contributed by atoms with E-state index in [1.54, 1.807) is 24.3 Å². The lowest BCUT2D eigenvalue weighted by Gasteiger charge is -2.18. The van der Waals surface area contributed by atoms with Crippen LogP contribution >= 0.6 is 11.6 Å². The average Bonchev–Trinajstić information content (AvgIpc) is 2.73. The van der Waals surface area contributed by atoms with Gasteiger partial charge in [-0.15, -0.1) is 0 Å². The molecule has 0 radical (unpaired) electrons. The number of ether oxygens (including phenoxy) is 2. The van der Waals surface area contributed by atoms with E-state index in [9.17, 15) is 14.4 Å². The maximum Gasteiger partial charge on any atom is 0.325 e. The molecule has 0 atom stereocenters. The molecule has 1 heterocycles. The summed E-state index contributed by atoms with van der Waals surface area (Å²) in [5.41, 5.74) is 2.63. The Balaban J connectivity index is 1.41. The minimum Gasteiger partial charge on any atom is -0.486 e. The highest BCUT2D eigenvalue weighted by atomic mass is 35.5. The van der Waals surface area contributed by atoms with Crippen LogP contribution in [0.15, 0.2) is 35.5 Å². The number of fused-ring (bicyclic) bond motifs is 1. The number of carbonyl (C=O) groups is 3. The number of nitrogens with one attached hydrogen (secondary N) is 3. The summed E-state index contributed by atoms with van der Waals surface area (Å²) in [5.74, 6) is -0.266. The number of aryl methyl sites for hydroxylation is 2. The molecule has 0 unspecified atom stereocenters. The van der Waals surface area contributed by atoms with Crippen LogP contribution in [0.3, 0.4) is 0 Å². The summed E-state index contributed by atoms with van der Waals surface area (Å²) in [6, 6.07) is 7.67.